The van der Waals surface area contributed by atoms with Crippen LogP contribution in [-0.2, 0) is 16.6 Å². The van der Waals surface area contributed by atoms with E-state index in [9.17, 15) is 8.42 Å². The van der Waals surface area contributed by atoms with Crippen LogP contribution in [0.5, 0.6) is 0 Å². The van der Waals surface area contributed by atoms with Crippen molar-refractivity contribution in [2.24, 2.45) is 0 Å². The number of hydrogen-bond donors (Lipinski definition) is 1. The van der Waals surface area contributed by atoms with E-state index in [1.165, 1.54) is 10.4 Å². The van der Waals surface area contributed by atoms with Crippen LogP contribution in [0, 0.1) is 6.92 Å². The number of nitrogens with zero attached hydrogens (tertiary/aromatic N) is 1. The van der Waals surface area contributed by atoms with Crippen molar-refractivity contribution in [1.82, 2.24) is 4.31 Å². The van der Waals surface area contributed by atoms with Crippen molar-refractivity contribution in [3.05, 3.63) is 17.6 Å². The smallest absolute Gasteiger partial charge is 0.246 e. The molecule has 104 valence electrons. The number of hydrogen-bond acceptors (Lipinski definition) is 4. The monoisotopic (exact) mass is 275 g/mol. The Labute approximate surface area is 108 Å². The lowest BCUT2D eigenvalue weighted by Gasteiger charge is -2.25. The van der Waals surface area contributed by atoms with Gasteiger partial charge in [0.15, 0.2) is 0 Å². The van der Waals surface area contributed by atoms with E-state index < -0.39 is 10.0 Å². The van der Waals surface area contributed by atoms with Gasteiger partial charge in [-0.2, -0.15) is 4.31 Å². The molecule has 0 bridgehead atoms. The van der Waals surface area contributed by atoms with Crippen molar-refractivity contribution >= 4 is 10.0 Å². The van der Waals surface area contributed by atoms with Crippen molar-refractivity contribution in [2.75, 3.05) is 6.54 Å². The third-order valence-electron chi connectivity index (χ3n) is 3.06. The maximum absolute atomic E-state index is 12.5. The van der Waals surface area contributed by atoms with Gasteiger partial charge in [-0.3, -0.25) is 0 Å². The van der Waals surface area contributed by atoms with Crippen LogP contribution in [-0.4, -0.2) is 30.4 Å². The summed E-state index contributed by atoms with van der Waals surface area (Å²) in [6.07, 6.45) is 0.747. The van der Waals surface area contributed by atoms with Gasteiger partial charge in [0.1, 0.15) is 23.0 Å². The Morgan fingerprint density at radius 2 is 2.06 bits per heavy atom. The topological polar surface area (TPSA) is 70.8 Å². The van der Waals surface area contributed by atoms with E-state index in [1.54, 1.807) is 6.92 Å². The van der Waals surface area contributed by atoms with Crippen molar-refractivity contribution in [2.45, 2.75) is 51.7 Å². The zero-order chi connectivity index (χ0) is 13.9. The maximum Gasteiger partial charge on any atom is 0.246 e. The van der Waals surface area contributed by atoms with E-state index >= 15 is 0 Å². The van der Waals surface area contributed by atoms with E-state index in [-0.39, 0.29) is 23.3 Å². The summed E-state index contributed by atoms with van der Waals surface area (Å²) in [6, 6.07) is 1.34. The molecule has 0 saturated carbocycles. The molecule has 0 saturated heterocycles. The molecule has 0 aromatic carbocycles. The molecule has 0 aliphatic rings. The number of aliphatic hydroxyl groups excluding tert-OH is 1. The summed E-state index contributed by atoms with van der Waals surface area (Å²) < 4.78 is 31.6. The molecule has 0 radical (unpaired) electrons. The van der Waals surface area contributed by atoms with Gasteiger partial charge in [0.25, 0.3) is 0 Å². The van der Waals surface area contributed by atoms with E-state index in [1.807, 2.05) is 20.8 Å². The SMILES string of the molecule is CCC(C)N(CC)S(=O)(=O)c1cc(CO)oc1C. The standard InChI is InChI=1S/C12H21NO4S/c1-5-9(3)13(6-2)18(15,16)12-7-11(8-14)17-10(12)4/h7,9,14H,5-6,8H2,1-4H3. The molecule has 0 aliphatic carbocycles. The second kappa shape index (κ2) is 5.86. The molecule has 6 heteroatoms. The summed E-state index contributed by atoms with van der Waals surface area (Å²) in [5.74, 6) is 0.590. The van der Waals surface area contributed by atoms with Gasteiger partial charge in [-0.05, 0) is 20.3 Å². The average Bonchev–Trinajstić information content (AvgIpc) is 2.71. The fourth-order valence-corrected chi connectivity index (χ4v) is 3.81. The van der Waals surface area contributed by atoms with E-state index in [0.29, 0.717) is 12.3 Å². The van der Waals surface area contributed by atoms with Crippen LogP contribution >= 0.6 is 0 Å². The molecule has 0 spiro atoms. The van der Waals surface area contributed by atoms with Gasteiger partial charge in [0.2, 0.25) is 10.0 Å². The number of furan rings is 1. The Hall–Kier alpha value is -0.850. The molecule has 1 N–H and O–H groups in total. The van der Waals surface area contributed by atoms with Gasteiger partial charge in [-0.25, -0.2) is 8.42 Å². The third kappa shape index (κ3) is 2.76. The molecule has 1 unspecified atom stereocenters. The summed E-state index contributed by atoms with van der Waals surface area (Å²) in [5, 5.41) is 8.99. The first-order valence-electron chi connectivity index (χ1n) is 6.10. The maximum atomic E-state index is 12.5. The minimum Gasteiger partial charge on any atom is -0.462 e. The van der Waals surface area contributed by atoms with Crippen molar-refractivity contribution in [3.8, 4) is 0 Å². The van der Waals surface area contributed by atoms with Gasteiger partial charge in [-0.15, -0.1) is 0 Å². The molecule has 18 heavy (non-hydrogen) atoms. The highest BCUT2D eigenvalue weighted by Gasteiger charge is 2.30. The highest BCUT2D eigenvalue weighted by molar-refractivity contribution is 7.89. The molecular weight excluding hydrogens is 254 g/mol. The Morgan fingerprint density at radius 3 is 2.44 bits per heavy atom. The Bertz CT molecular complexity index is 492. The molecule has 5 nitrogen and oxygen atoms in total. The van der Waals surface area contributed by atoms with Gasteiger partial charge < -0.3 is 9.52 Å². The summed E-state index contributed by atoms with van der Waals surface area (Å²) in [4.78, 5) is 0.147. The van der Waals surface area contributed by atoms with Crippen LogP contribution < -0.4 is 0 Å². The summed E-state index contributed by atoms with van der Waals surface area (Å²) >= 11 is 0. The van der Waals surface area contributed by atoms with Gasteiger partial charge in [0, 0.05) is 18.7 Å². The first kappa shape index (κ1) is 15.2. The summed E-state index contributed by atoms with van der Waals surface area (Å²) in [6.45, 7) is 7.35. The zero-order valence-corrected chi connectivity index (χ0v) is 12.1. The van der Waals surface area contributed by atoms with Crippen LogP contribution in [0.15, 0.2) is 15.4 Å². The van der Waals surface area contributed by atoms with E-state index in [2.05, 4.69) is 0 Å². The van der Waals surface area contributed by atoms with Crippen LogP contribution in [0.1, 0.15) is 38.7 Å². The van der Waals surface area contributed by atoms with E-state index in [0.717, 1.165) is 6.42 Å². The Morgan fingerprint density at radius 1 is 1.44 bits per heavy atom. The van der Waals surface area contributed by atoms with Crippen molar-refractivity contribution in [1.29, 1.82) is 0 Å². The molecule has 1 aromatic heterocycles. The Kier molecular flexibility index (Phi) is 4.95. The normalized spacial score (nSPS) is 14.1. The highest BCUT2D eigenvalue weighted by atomic mass is 32.2. The zero-order valence-electron chi connectivity index (χ0n) is 11.3. The number of aliphatic hydroxyl groups is 1. The lowest BCUT2D eigenvalue weighted by molar-refractivity contribution is 0.244. The summed E-state index contributed by atoms with van der Waals surface area (Å²) in [5.41, 5.74) is 0. The predicted molar refractivity (Wildman–Crippen MR) is 68.7 cm³/mol. The minimum absolute atomic E-state index is 0.0631. The quantitative estimate of drug-likeness (QED) is 0.860. The lowest BCUT2D eigenvalue weighted by atomic mass is 10.3. The molecule has 0 fully saturated rings. The largest absolute Gasteiger partial charge is 0.462 e. The average molecular weight is 275 g/mol. The summed E-state index contributed by atoms with van der Waals surface area (Å²) in [7, 11) is -3.55. The lowest BCUT2D eigenvalue weighted by Crippen LogP contribution is -2.38. The highest BCUT2D eigenvalue weighted by Crippen LogP contribution is 2.25. The third-order valence-corrected chi connectivity index (χ3v) is 5.26. The van der Waals surface area contributed by atoms with E-state index in [4.69, 9.17) is 9.52 Å². The fourth-order valence-electron chi connectivity index (χ4n) is 1.91. The van der Waals surface area contributed by atoms with Crippen LogP contribution in [0.3, 0.4) is 0 Å². The van der Waals surface area contributed by atoms with Crippen molar-refractivity contribution < 1.29 is 17.9 Å². The first-order chi connectivity index (χ1) is 8.38. The number of aryl methyl sites for hydroxylation is 1. The van der Waals surface area contributed by atoms with Gasteiger partial charge >= 0.3 is 0 Å². The minimum atomic E-state index is -3.55. The second-order valence-corrected chi connectivity index (χ2v) is 6.12. The molecule has 0 amide bonds. The first-order valence-corrected chi connectivity index (χ1v) is 7.54. The molecule has 1 aromatic rings. The van der Waals surface area contributed by atoms with Crippen LogP contribution in [0.2, 0.25) is 0 Å². The fraction of sp³-hybridized carbons (Fsp3) is 0.667. The van der Waals surface area contributed by atoms with Gasteiger partial charge in [0.05, 0.1) is 0 Å². The van der Waals surface area contributed by atoms with Gasteiger partial charge in [-0.1, -0.05) is 13.8 Å². The molecule has 1 atom stereocenters. The molecule has 1 rings (SSSR count). The number of sulfonamides is 1. The molecule has 0 aliphatic heterocycles. The molecule has 1 heterocycles. The Balaban J connectivity index is 3.22. The predicted octanol–water partition coefficient (Wildman–Crippen LogP) is 1.89. The van der Waals surface area contributed by atoms with Crippen molar-refractivity contribution in [3.63, 3.8) is 0 Å². The molecular formula is C12H21NO4S. The van der Waals surface area contributed by atoms with Crippen LogP contribution in [0.25, 0.3) is 0 Å². The number of rotatable bonds is 6. The second-order valence-electron chi connectivity index (χ2n) is 4.26. The van der Waals surface area contributed by atoms with Crippen LogP contribution in [0.4, 0.5) is 0 Å².